The highest BCUT2D eigenvalue weighted by molar-refractivity contribution is 9.10. The first-order valence-electron chi connectivity index (χ1n) is 7.24. The topological polar surface area (TPSA) is 18.5 Å². The van der Waals surface area contributed by atoms with Gasteiger partial charge in [0.2, 0.25) is 5.79 Å². The minimum Gasteiger partial charge on any atom is -0.342 e. The molecule has 3 rings (SSSR count). The molecule has 0 amide bonds. The smallest absolute Gasteiger partial charge is 0.206 e. The predicted molar refractivity (Wildman–Crippen MR) is 108 cm³/mol. The van der Waals surface area contributed by atoms with Crippen LogP contribution in [0.1, 0.15) is 5.56 Å². The molecule has 1 saturated heterocycles. The molecule has 2 aromatic rings. The van der Waals surface area contributed by atoms with Crippen molar-refractivity contribution in [3.05, 3.63) is 62.5 Å². The summed E-state index contributed by atoms with van der Waals surface area (Å²) in [6, 6.07) is 13.6. The van der Waals surface area contributed by atoms with Gasteiger partial charge in [-0.25, -0.2) is 0 Å². The SMILES string of the molecule is Clc1ccc(C2(CBr)OCC(CSc3ccc(Br)cc3)O2)c(Cl)c1. The van der Waals surface area contributed by atoms with Crippen LogP contribution in [0.3, 0.4) is 0 Å². The van der Waals surface area contributed by atoms with Crippen molar-refractivity contribution < 1.29 is 9.47 Å². The second-order valence-electron chi connectivity index (χ2n) is 5.33. The van der Waals surface area contributed by atoms with Crippen LogP contribution < -0.4 is 0 Å². The second kappa shape index (κ2) is 8.30. The molecule has 1 aliphatic heterocycles. The van der Waals surface area contributed by atoms with Gasteiger partial charge in [0.05, 0.1) is 23.1 Å². The summed E-state index contributed by atoms with van der Waals surface area (Å²) < 4.78 is 13.3. The molecular formula is C17H14Br2Cl2O2S. The van der Waals surface area contributed by atoms with Gasteiger partial charge in [-0.2, -0.15) is 0 Å². The molecule has 2 aromatic carbocycles. The molecule has 0 bridgehead atoms. The van der Waals surface area contributed by atoms with Gasteiger partial charge in [-0.15, -0.1) is 11.8 Å². The van der Waals surface area contributed by atoms with Gasteiger partial charge in [-0.3, -0.25) is 0 Å². The first-order valence-corrected chi connectivity index (χ1v) is 10.9. The van der Waals surface area contributed by atoms with E-state index in [4.69, 9.17) is 32.7 Å². The maximum absolute atomic E-state index is 6.34. The molecule has 0 aliphatic carbocycles. The number of benzene rings is 2. The first kappa shape index (κ1) is 19.0. The molecule has 7 heteroatoms. The lowest BCUT2D eigenvalue weighted by molar-refractivity contribution is -0.154. The standard InChI is InChI=1S/C17H14Br2Cl2O2S/c18-10-17(15-6-3-12(20)7-16(15)21)22-8-13(23-17)9-24-14-4-1-11(19)2-5-14/h1-7,13H,8-10H2. The molecule has 2 unspecified atom stereocenters. The van der Waals surface area contributed by atoms with Crippen LogP contribution in [0.25, 0.3) is 0 Å². The normalized spacial score (nSPS) is 23.6. The fourth-order valence-electron chi connectivity index (χ4n) is 2.45. The number of hydrogen-bond acceptors (Lipinski definition) is 3. The first-order chi connectivity index (χ1) is 11.5. The van der Waals surface area contributed by atoms with Crippen molar-refractivity contribution >= 4 is 66.8 Å². The Hall–Kier alpha value is 0.250. The molecule has 24 heavy (non-hydrogen) atoms. The summed E-state index contributed by atoms with van der Waals surface area (Å²) in [5, 5.41) is 1.64. The van der Waals surface area contributed by atoms with Crippen molar-refractivity contribution in [1.82, 2.24) is 0 Å². The van der Waals surface area contributed by atoms with E-state index in [1.54, 1.807) is 23.9 Å². The highest BCUT2D eigenvalue weighted by Crippen LogP contribution is 2.41. The van der Waals surface area contributed by atoms with Gasteiger partial charge >= 0.3 is 0 Å². The maximum Gasteiger partial charge on any atom is 0.206 e. The zero-order chi connectivity index (χ0) is 17.2. The van der Waals surface area contributed by atoms with Crippen molar-refractivity contribution in [2.45, 2.75) is 16.8 Å². The van der Waals surface area contributed by atoms with E-state index in [9.17, 15) is 0 Å². The number of thioether (sulfide) groups is 1. The van der Waals surface area contributed by atoms with Gasteiger partial charge in [0, 0.05) is 25.7 Å². The monoisotopic (exact) mass is 510 g/mol. The average Bonchev–Trinajstić information content (AvgIpc) is 2.99. The number of hydrogen-bond donors (Lipinski definition) is 0. The van der Waals surface area contributed by atoms with Gasteiger partial charge in [0.1, 0.15) is 0 Å². The highest BCUT2D eigenvalue weighted by Gasteiger charge is 2.43. The lowest BCUT2D eigenvalue weighted by Gasteiger charge is -2.27. The fraction of sp³-hybridized carbons (Fsp3) is 0.294. The molecule has 1 heterocycles. The van der Waals surface area contributed by atoms with Crippen molar-refractivity contribution in [3.63, 3.8) is 0 Å². The lowest BCUT2D eigenvalue weighted by Crippen LogP contribution is -2.30. The van der Waals surface area contributed by atoms with Crippen LogP contribution in [-0.4, -0.2) is 23.8 Å². The lowest BCUT2D eigenvalue weighted by atomic mass is 10.1. The molecule has 0 aromatic heterocycles. The predicted octanol–water partition coefficient (Wildman–Crippen LogP) is 6.51. The van der Waals surface area contributed by atoms with Crippen LogP contribution in [0, 0.1) is 0 Å². The molecule has 128 valence electrons. The molecular weight excluding hydrogens is 499 g/mol. The molecule has 0 spiro atoms. The summed E-state index contributed by atoms with van der Waals surface area (Å²) in [7, 11) is 0. The van der Waals surface area contributed by atoms with Gasteiger partial charge < -0.3 is 9.47 Å². The van der Waals surface area contributed by atoms with E-state index < -0.39 is 5.79 Å². The molecule has 0 radical (unpaired) electrons. The molecule has 2 nitrogen and oxygen atoms in total. The third kappa shape index (κ3) is 4.32. The number of alkyl halides is 1. The van der Waals surface area contributed by atoms with Crippen molar-refractivity contribution in [1.29, 1.82) is 0 Å². The fourth-order valence-corrected chi connectivity index (χ4v) is 4.73. The summed E-state index contributed by atoms with van der Waals surface area (Å²) in [6.07, 6.45) is -0.0112. The summed E-state index contributed by atoms with van der Waals surface area (Å²) >= 11 is 21.0. The molecule has 0 saturated carbocycles. The van der Waals surface area contributed by atoms with Crippen LogP contribution in [0.15, 0.2) is 51.8 Å². The summed E-state index contributed by atoms with van der Waals surface area (Å²) in [5.74, 6) is -0.0613. The largest absolute Gasteiger partial charge is 0.342 e. The minimum atomic E-state index is -0.868. The molecule has 0 N–H and O–H groups in total. The summed E-state index contributed by atoms with van der Waals surface area (Å²) in [6.45, 7) is 0.522. The van der Waals surface area contributed by atoms with Gasteiger partial charge in [-0.05, 0) is 36.4 Å². The van der Waals surface area contributed by atoms with Crippen LogP contribution in [0.2, 0.25) is 10.0 Å². The second-order valence-corrected chi connectivity index (χ2v) is 8.74. The van der Waals surface area contributed by atoms with E-state index in [2.05, 4.69) is 44.0 Å². The Morgan fingerprint density at radius 2 is 1.92 bits per heavy atom. The van der Waals surface area contributed by atoms with Crippen LogP contribution in [0.5, 0.6) is 0 Å². The molecule has 2 atom stereocenters. The van der Waals surface area contributed by atoms with Crippen molar-refractivity contribution in [2.24, 2.45) is 0 Å². The summed E-state index contributed by atoms with van der Waals surface area (Å²) in [4.78, 5) is 1.20. The Balaban J connectivity index is 1.68. The molecule has 1 aliphatic rings. The Kier molecular flexibility index (Phi) is 6.58. The van der Waals surface area contributed by atoms with E-state index in [1.807, 2.05) is 18.2 Å². The third-order valence-electron chi connectivity index (χ3n) is 3.63. The van der Waals surface area contributed by atoms with E-state index in [0.29, 0.717) is 22.0 Å². The maximum atomic E-state index is 6.34. The van der Waals surface area contributed by atoms with Crippen molar-refractivity contribution in [2.75, 3.05) is 17.7 Å². The van der Waals surface area contributed by atoms with Gasteiger partial charge in [0.15, 0.2) is 0 Å². The Morgan fingerprint density at radius 1 is 1.17 bits per heavy atom. The number of halogens is 4. The number of rotatable bonds is 5. The zero-order valence-electron chi connectivity index (χ0n) is 12.5. The highest BCUT2D eigenvalue weighted by atomic mass is 79.9. The van der Waals surface area contributed by atoms with Gasteiger partial charge in [0.25, 0.3) is 0 Å². The van der Waals surface area contributed by atoms with Crippen LogP contribution >= 0.6 is 66.8 Å². The van der Waals surface area contributed by atoms with Crippen LogP contribution in [-0.2, 0) is 15.3 Å². The Labute approximate surface area is 172 Å². The van der Waals surface area contributed by atoms with E-state index >= 15 is 0 Å². The van der Waals surface area contributed by atoms with Gasteiger partial charge in [-0.1, -0.05) is 61.1 Å². The third-order valence-corrected chi connectivity index (χ3v) is 6.58. The Morgan fingerprint density at radius 3 is 2.58 bits per heavy atom. The van der Waals surface area contributed by atoms with E-state index in [-0.39, 0.29) is 6.10 Å². The minimum absolute atomic E-state index is 0.0112. The molecule has 1 fully saturated rings. The zero-order valence-corrected chi connectivity index (χ0v) is 18.0. The van der Waals surface area contributed by atoms with E-state index in [1.165, 1.54) is 4.90 Å². The summed E-state index contributed by atoms with van der Waals surface area (Å²) in [5.41, 5.74) is 0.793. The van der Waals surface area contributed by atoms with Crippen molar-refractivity contribution in [3.8, 4) is 0 Å². The number of ether oxygens (including phenoxy) is 2. The Bertz CT molecular complexity index is 714. The average molecular weight is 513 g/mol. The van der Waals surface area contributed by atoms with E-state index in [0.717, 1.165) is 15.8 Å². The quantitative estimate of drug-likeness (QED) is 0.336. The van der Waals surface area contributed by atoms with Crippen LogP contribution in [0.4, 0.5) is 0 Å².